The maximum atomic E-state index is 13.6. The largest absolute Gasteiger partial charge is 0.370 e. The fourth-order valence-electron chi connectivity index (χ4n) is 3.58. The van der Waals surface area contributed by atoms with Crippen molar-refractivity contribution in [1.82, 2.24) is 9.97 Å². The van der Waals surface area contributed by atoms with Crippen LogP contribution in [0.2, 0.25) is 0 Å². The minimum atomic E-state index is -0.829. The molecule has 0 aliphatic carbocycles. The third-order valence-electron chi connectivity index (χ3n) is 4.80. The van der Waals surface area contributed by atoms with E-state index in [9.17, 15) is 13.6 Å². The monoisotopic (exact) mass is 341 g/mol. The van der Waals surface area contributed by atoms with Crippen LogP contribution in [0.3, 0.4) is 0 Å². The first-order valence-corrected chi connectivity index (χ1v) is 8.29. The number of hydrogen-bond acceptors (Lipinski definition) is 3. The zero-order valence-electron chi connectivity index (χ0n) is 13.5. The summed E-state index contributed by atoms with van der Waals surface area (Å²) in [5.41, 5.74) is 2.17. The van der Waals surface area contributed by atoms with E-state index >= 15 is 0 Å². The van der Waals surface area contributed by atoms with Crippen LogP contribution in [-0.4, -0.2) is 23.1 Å². The molecule has 0 radical (unpaired) electrons. The van der Waals surface area contributed by atoms with Gasteiger partial charge in [0, 0.05) is 36.7 Å². The van der Waals surface area contributed by atoms with Crippen LogP contribution in [0.15, 0.2) is 47.5 Å². The number of halogens is 2. The molecule has 3 heterocycles. The van der Waals surface area contributed by atoms with Crippen LogP contribution >= 0.6 is 0 Å². The van der Waals surface area contributed by atoms with Crippen molar-refractivity contribution < 1.29 is 8.78 Å². The first-order valence-electron chi connectivity index (χ1n) is 8.29. The summed E-state index contributed by atoms with van der Waals surface area (Å²) >= 11 is 0. The molecule has 4 rings (SSSR count). The number of hydrogen-bond donors (Lipinski definition) is 1. The maximum absolute atomic E-state index is 13.6. The molecular formula is C19H17F2N3O. The van der Waals surface area contributed by atoms with Crippen LogP contribution in [0.1, 0.15) is 24.3 Å². The van der Waals surface area contributed by atoms with Crippen LogP contribution in [0.4, 0.5) is 14.5 Å². The molecule has 1 N–H and O–H groups in total. The van der Waals surface area contributed by atoms with E-state index in [2.05, 4.69) is 14.9 Å². The number of rotatable bonds is 2. The Morgan fingerprint density at radius 3 is 2.88 bits per heavy atom. The van der Waals surface area contributed by atoms with Crippen molar-refractivity contribution in [2.45, 2.75) is 18.8 Å². The molecule has 1 aromatic carbocycles. The lowest BCUT2D eigenvalue weighted by atomic mass is 9.90. The molecule has 0 bridgehead atoms. The van der Waals surface area contributed by atoms with Gasteiger partial charge in [-0.25, -0.2) is 8.78 Å². The van der Waals surface area contributed by atoms with Crippen LogP contribution in [0, 0.1) is 11.6 Å². The predicted octanol–water partition coefficient (Wildman–Crippen LogP) is 3.59. The van der Waals surface area contributed by atoms with Crippen LogP contribution in [0.5, 0.6) is 0 Å². The van der Waals surface area contributed by atoms with E-state index < -0.39 is 11.6 Å². The summed E-state index contributed by atoms with van der Waals surface area (Å²) in [6.45, 7) is 1.48. The normalized spacial score (nSPS) is 17.8. The summed E-state index contributed by atoms with van der Waals surface area (Å²) in [4.78, 5) is 21.0. The molecule has 0 amide bonds. The second-order valence-electron chi connectivity index (χ2n) is 6.40. The average Bonchev–Trinajstić information content (AvgIpc) is 2.63. The third kappa shape index (κ3) is 2.99. The highest BCUT2D eigenvalue weighted by molar-refractivity contribution is 5.90. The van der Waals surface area contributed by atoms with Crippen LogP contribution in [-0.2, 0) is 0 Å². The van der Waals surface area contributed by atoms with Crippen molar-refractivity contribution in [1.29, 1.82) is 0 Å². The Morgan fingerprint density at radius 2 is 2.04 bits per heavy atom. The molecule has 25 heavy (non-hydrogen) atoms. The van der Waals surface area contributed by atoms with E-state index in [1.807, 2.05) is 6.07 Å². The summed E-state index contributed by atoms with van der Waals surface area (Å²) in [6, 6.07) is 7.57. The lowest BCUT2D eigenvalue weighted by molar-refractivity contribution is 0.489. The van der Waals surface area contributed by atoms with Gasteiger partial charge in [-0.05, 0) is 36.6 Å². The topological polar surface area (TPSA) is 49.0 Å². The van der Waals surface area contributed by atoms with Gasteiger partial charge in [-0.15, -0.1) is 0 Å². The Labute approximate surface area is 143 Å². The van der Waals surface area contributed by atoms with Gasteiger partial charge in [0.25, 0.3) is 5.56 Å². The average molecular weight is 341 g/mol. The molecule has 0 saturated carbocycles. The zero-order valence-corrected chi connectivity index (χ0v) is 13.5. The number of pyridine rings is 2. The van der Waals surface area contributed by atoms with E-state index in [0.29, 0.717) is 12.1 Å². The van der Waals surface area contributed by atoms with Crippen molar-refractivity contribution in [3.63, 3.8) is 0 Å². The summed E-state index contributed by atoms with van der Waals surface area (Å²) in [7, 11) is 0. The van der Waals surface area contributed by atoms with Crippen molar-refractivity contribution in [2.75, 3.05) is 18.0 Å². The molecule has 1 fully saturated rings. The first-order chi connectivity index (χ1) is 12.1. The van der Waals surface area contributed by atoms with E-state index in [1.165, 1.54) is 12.1 Å². The summed E-state index contributed by atoms with van der Waals surface area (Å²) < 4.78 is 26.8. The second kappa shape index (κ2) is 6.27. The number of anilines is 1. The number of fused-ring (bicyclic) bond motifs is 1. The fraction of sp³-hybridized carbons (Fsp3) is 0.263. The van der Waals surface area contributed by atoms with E-state index in [4.69, 9.17) is 0 Å². The summed E-state index contributed by atoms with van der Waals surface area (Å²) in [5, 5.41) is 0.931. The van der Waals surface area contributed by atoms with Gasteiger partial charge in [0.15, 0.2) is 11.6 Å². The SMILES string of the molecule is O=c1cc(N2CCCC(c3ccc(F)c(F)c3)C2)c2ccncc2[nH]1. The van der Waals surface area contributed by atoms with Gasteiger partial charge in [-0.1, -0.05) is 6.07 Å². The fourth-order valence-corrected chi connectivity index (χ4v) is 3.58. The number of aromatic nitrogens is 2. The minimum absolute atomic E-state index is 0.0972. The van der Waals surface area contributed by atoms with E-state index in [1.54, 1.807) is 24.5 Å². The molecule has 1 aliphatic heterocycles. The second-order valence-corrected chi connectivity index (χ2v) is 6.40. The molecule has 0 spiro atoms. The van der Waals surface area contributed by atoms with E-state index in [-0.39, 0.29) is 11.5 Å². The number of benzene rings is 1. The highest BCUT2D eigenvalue weighted by Gasteiger charge is 2.24. The highest BCUT2D eigenvalue weighted by Crippen LogP contribution is 2.32. The van der Waals surface area contributed by atoms with Crippen LogP contribution in [0.25, 0.3) is 10.9 Å². The Kier molecular flexibility index (Phi) is 3.95. The molecule has 1 aliphatic rings. The molecule has 1 atom stereocenters. The molecule has 128 valence electrons. The number of aromatic amines is 1. The third-order valence-corrected chi connectivity index (χ3v) is 4.80. The molecule has 3 aromatic rings. The van der Waals surface area contributed by atoms with Crippen molar-refractivity contribution in [3.05, 3.63) is 70.3 Å². The van der Waals surface area contributed by atoms with Gasteiger partial charge in [-0.2, -0.15) is 0 Å². The van der Waals surface area contributed by atoms with E-state index in [0.717, 1.165) is 36.0 Å². The van der Waals surface area contributed by atoms with Crippen molar-refractivity contribution in [3.8, 4) is 0 Å². The molecule has 1 saturated heterocycles. The number of piperidine rings is 1. The van der Waals surface area contributed by atoms with Gasteiger partial charge in [-0.3, -0.25) is 9.78 Å². The number of H-pyrrole nitrogens is 1. The molecule has 6 heteroatoms. The smallest absolute Gasteiger partial charge is 0.250 e. The quantitative estimate of drug-likeness (QED) is 0.775. The Bertz CT molecular complexity index is 986. The summed E-state index contributed by atoms with van der Waals surface area (Å²) in [5.74, 6) is -1.55. The van der Waals surface area contributed by atoms with Gasteiger partial charge >= 0.3 is 0 Å². The molecule has 2 aromatic heterocycles. The van der Waals surface area contributed by atoms with Gasteiger partial charge in [0.05, 0.1) is 17.4 Å². The highest BCUT2D eigenvalue weighted by atomic mass is 19.2. The maximum Gasteiger partial charge on any atom is 0.250 e. The Hall–Kier alpha value is -2.76. The van der Waals surface area contributed by atoms with Crippen LogP contribution < -0.4 is 10.5 Å². The molecule has 1 unspecified atom stereocenters. The lowest BCUT2D eigenvalue weighted by Gasteiger charge is -2.35. The number of nitrogens with one attached hydrogen (secondary N) is 1. The standard InChI is InChI=1S/C19H17F2N3O/c20-15-4-3-12(8-16(15)21)13-2-1-7-24(11-13)18-9-19(25)23-17-10-22-6-5-14(17)18/h3-6,8-10,13H,1-2,7,11H2,(H,23,25). The minimum Gasteiger partial charge on any atom is -0.370 e. The van der Waals surface area contributed by atoms with Crippen molar-refractivity contribution in [2.24, 2.45) is 0 Å². The van der Waals surface area contributed by atoms with Gasteiger partial charge in [0.2, 0.25) is 0 Å². The Balaban J connectivity index is 1.70. The number of nitrogens with zero attached hydrogens (tertiary/aromatic N) is 2. The Morgan fingerprint density at radius 1 is 1.16 bits per heavy atom. The molecule has 4 nitrogen and oxygen atoms in total. The first kappa shape index (κ1) is 15.7. The summed E-state index contributed by atoms with van der Waals surface area (Å²) in [6.07, 6.45) is 5.16. The molecular weight excluding hydrogens is 324 g/mol. The van der Waals surface area contributed by atoms with Gasteiger partial charge < -0.3 is 9.88 Å². The zero-order chi connectivity index (χ0) is 17.4. The van der Waals surface area contributed by atoms with Gasteiger partial charge in [0.1, 0.15) is 0 Å². The van der Waals surface area contributed by atoms with Crippen molar-refractivity contribution >= 4 is 16.6 Å². The lowest BCUT2D eigenvalue weighted by Crippen LogP contribution is -2.35. The predicted molar refractivity (Wildman–Crippen MR) is 92.9 cm³/mol.